The molecule has 2 atom stereocenters. The monoisotopic (exact) mass is 358 g/mol. The molecule has 0 aliphatic heterocycles. The van der Waals surface area contributed by atoms with E-state index in [9.17, 15) is 9.59 Å². The zero-order chi connectivity index (χ0) is 12.6. The molecule has 0 heterocycles. The molecule has 100 valence electrons. The van der Waals surface area contributed by atoms with Gasteiger partial charge < -0.3 is 0 Å². The molecule has 5 heteroatoms. The number of hydrogen-bond acceptors (Lipinski definition) is 2. The predicted molar refractivity (Wildman–Crippen MR) is 76.7 cm³/mol. The van der Waals surface area contributed by atoms with Gasteiger partial charge in [0.15, 0.2) is 0 Å². The van der Waals surface area contributed by atoms with Crippen molar-refractivity contribution in [3.8, 4) is 23.9 Å². The first-order valence-corrected chi connectivity index (χ1v) is 6.67. The van der Waals surface area contributed by atoms with Crippen LogP contribution in [0.25, 0.3) is 0 Å². The van der Waals surface area contributed by atoms with E-state index >= 15 is 0 Å². The van der Waals surface area contributed by atoms with Crippen LogP contribution in [0.1, 0.15) is 35.6 Å². The third kappa shape index (κ3) is 12.9. The number of carbonyl (C=O) groups excluding carboxylic acids is 2. The molecule has 0 aliphatic carbocycles. The second kappa shape index (κ2) is 12.3. The molecule has 0 spiro atoms. The van der Waals surface area contributed by atoms with Crippen LogP contribution in [-0.4, -0.2) is 34.3 Å². The van der Waals surface area contributed by atoms with Crippen LogP contribution in [0.3, 0.4) is 0 Å². The number of hydrogen-bond donors (Lipinski definition) is 2. The van der Waals surface area contributed by atoms with Crippen molar-refractivity contribution in [3.05, 3.63) is 0 Å². The third-order valence-electron chi connectivity index (χ3n) is 1.41. The molecule has 0 rings (SSSR count). The van der Waals surface area contributed by atoms with Gasteiger partial charge in [0.25, 0.3) is 0 Å². The van der Waals surface area contributed by atoms with E-state index in [2.05, 4.69) is 34.6 Å². The second-order valence-electron chi connectivity index (χ2n) is 3.22. The number of nitrogens with one attached hydrogen (secondary N) is 2. The van der Waals surface area contributed by atoms with E-state index in [0.717, 1.165) is 22.5 Å². The van der Waals surface area contributed by atoms with Crippen LogP contribution in [-0.2, 0) is 9.59 Å². The maximum atomic E-state index is 11.4. The molecule has 2 amide bonds. The zero-order valence-corrected chi connectivity index (χ0v) is 12.8. The van der Waals surface area contributed by atoms with E-state index in [1.807, 2.05) is 6.92 Å². The summed E-state index contributed by atoms with van der Waals surface area (Å²) in [6.45, 7) is 4.99. The molecule has 4 nitrogen and oxygen atoms in total. The normalized spacial score (nSPS) is 10.7. The van der Waals surface area contributed by atoms with Gasteiger partial charge in [0.2, 0.25) is 0 Å². The Hall–Kier alpha value is -1.14. The van der Waals surface area contributed by atoms with Crippen molar-refractivity contribution in [3.63, 3.8) is 0 Å². The fourth-order valence-corrected chi connectivity index (χ4v) is 0.856. The van der Waals surface area contributed by atoms with E-state index in [4.69, 9.17) is 0 Å². The maximum absolute atomic E-state index is 11.4. The van der Waals surface area contributed by atoms with Gasteiger partial charge >= 0.3 is 109 Å². The van der Waals surface area contributed by atoms with Crippen LogP contribution in [0.15, 0.2) is 0 Å². The Labute approximate surface area is 124 Å². The van der Waals surface area contributed by atoms with Crippen LogP contribution in [0.5, 0.6) is 0 Å². The summed E-state index contributed by atoms with van der Waals surface area (Å²) in [7, 11) is 0. The molecular formula is C13H22N2O2Sn. The molecular weight excluding hydrogens is 335 g/mol. The van der Waals surface area contributed by atoms with Crippen molar-refractivity contribution in [2.45, 2.75) is 39.6 Å². The van der Waals surface area contributed by atoms with Crippen molar-refractivity contribution in [1.29, 1.82) is 0 Å². The summed E-state index contributed by atoms with van der Waals surface area (Å²) in [5, 5.41) is 4.75. The minimum absolute atomic E-state index is 0. The Morgan fingerprint density at radius 3 is 2.00 bits per heavy atom. The number of carbonyl (C=O) groups is 2. The minimum atomic E-state index is -0.496. The molecule has 2 radical (unpaired) electrons. The van der Waals surface area contributed by atoms with Crippen LogP contribution in [0.2, 0.25) is 3.93 Å². The average Bonchev–Trinajstić information content (AvgIpc) is 2.16. The molecule has 0 aromatic carbocycles. The molecule has 0 aromatic heterocycles. The Kier molecular flexibility index (Phi) is 15.1. The molecule has 0 fully saturated rings. The summed E-state index contributed by atoms with van der Waals surface area (Å²) in [5.41, 5.74) is 0. The van der Waals surface area contributed by atoms with Crippen LogP contribution in [0, 0.1) is 29.8 Å². The summed E-state index contributed by atoms with van der Waals surface area (Å²) in [6, 6.07) is 5.01. The molecule has 0 aromatic rings. The van der Waals surface area contributed by atoms with Crippen LogP contribution in [0.4, 0.5) is 0 Å². The first-order valence-electron chi connectivity index (χ1n) is 4.76. The second-order valence-corrected chi connectivity index (χ2v) is 6.07. The van der Waals surface area contributed by atoms with Crippen molar-refractivity contribution in [2.24, 2.45) is 5.92 Å². The molecule has 18 heavy (non-hydrogen) atoms. The van der Waals surface area contributed by atoms with E-state index in [-0.39, 0.29) is 26.7 Å². The Morgan fingerprint density at radius 2 is 1.56 bits per heavy atom. The Bertz CT molecular complexity index is 383. The summed E-state index contributed by atoms with van der Waals surface area (Å²) in [4.78, 5) is 21.9. The molecule has 0 bridgehead atoms. The quantitative estimate of drug-likeness (QED) is 0.414. The summed E-state index contributed by atoms with van der Waals surface area (Å²) < 4.78 is 0.339. The van der Waals surface area contributed by atoms with Crippen molar-refractivity contribution in [2.75, 3.05) is 0 Å². The van der Waals surface area contributed by atoms with Crippen molar-refractivity contribution < 1.29 is 9.59 Å². The summed E-state index contributed by atoms with van der Waals surface area (Å²) in [6.07, 6.45) is 0. The Morgan fingerprint density at radius 1 is 1.06 bits per heavy atom. The third-order valence-corrected chi connectivity index (χ3v) is 1.88. The number of amides is 2. The summed E-state index contributed by atoms with van der Waals surface area (Å²) in [5.74, 6) is 4.46. The van der Waals surface area contributed by atoms with Gasteiger partial charge in [-0.3, -0.25) is 0 Å². The van der Waals surface area contributed by atoms with Gasteiger partial charge in [-0.25, -0.2) is 0 Å². The molecule has 0 saturated carbocycles. The van der Waals surface area contributed by atoms with Gasteiger partial charge in [0.1, 0.15) is 0 Å². The Balaban J connectivity index is -0.00000112. The average molecular weight is 357 g/mol. The van der Waals surface area contributed by atoms with E-state index < -0.39 is 5.92 Å². The van der Waals surface area contributed by atoms with Gasteiger partial charge in [-0.1, -0.05) is 14.9 Å². The van der Waals surface area contributed by atoms with E-state index in [1.54, 1.807) is 6.92 Å². The van der Waals surface area contributed by atoms with Gasteiger partial charge in [-0.05, 0) is 0 Å². The van der Waals surface area contributed by atoms with E-state index in [0.29, 0.717) is 3.93 Å². The van der Waals surface area contributed by atoms with Crippen LogP contribution >= 0.6 is 0 Å². The van der Waals surface area contributed by atoms with Crippen molar-refractivity contribution >= 4 is 34.3 Å². The zero-order valence-electron chi connectivity index (χ0n) is 9.55. The molecule has 0 aliphatic rings. The molecule has 0 saturated heterocycles. The fourth-order valence-electron chi connectivity index (χ4n) is 0.618. The van der Waals surface area contributed by atoms with Gasteiger partial charge in [-0.2, -0.15) is 0 Å². The SMILES string of the molecule is C.C.CC(=O)NC#CC(C)C(=O)NC#C[CH](C)[SnH]. The topological polar surface area (TPSA) is 58.2 Å². The van der Waals surface area contributed by atoms with Gasteiger partial charge in [0.05, 0.1) is 0 Å². The van der Waals surface area contributed by atoms with Gasteiger partial charge in [0, 0.05) is 0 Å². The molecule has 2 N–H and O–H groups in total. The fraction of sp³-hybridized carbons (Fsp3) is 0.538. The summed E-state index contributed by atoms with van der Waals surface area (Å²) >= 11 is 1.04. The molecule has 2 unspecified atom stereocenters. The predicted octanol–water partition coefficient (Wildman–Crippen LogP) is 0.778. The number of rotatable bonds is 1. The van der Waals surface area contributed by atoms with Gasteiger partial charge in [-0.15, -0.1) is 0 Å². The first-order chi connectivity index (χ1) is 7.43. The van der Waals surface area contributed by atoms with E-state index in [1.165, 1.54) is 6.92 Å². The van der Waals surface area contributed by atoms with Crippen LogP contribution < -0.4 is 10.6 Å². The van der Waals surface area contributed by atoms with Crippen molar-refractivity contribution in [1.82, 2.24) is 10.6 Å². The standard InChI is InChI=1S/C11H13N2O2.2CH4.Sn.H/c1-4-5-7-13-11(15)9(2)6-8-12-10(3)14;;;;/h4,9H,1-3H3,(H,12,14)(H,13,15);2*1H4;;. The first kappa shape index (κ1) is 22.1.